The Kier molecular flexibility index (Phi) is 3.66. The Morgan fingerprint density at radius 3 is 2.75 bits per heavy atom. The van der Waals surface area contributed by atoms with E-state index in [9.17, 15) is 9.50 Å². The van der Waals surface area contributed by atoms with Crippen molar-refractivity contribution < 1.29 is 14.2 Å². The zero-order valence-electron chi connectivity index (χ0n) is 8.83. The average Bonchev–Trinajstić information content (AvgIpc) is 2.27. The molecule has 0 unspecified atom stereocenters. The summed E-state index contributed by atoms with van der Waals surface area (Å²) in [6.45, 7) is 0. The van der Waals surface area contributed by atoms with Crippen LogP contribution in [0.25, 0.3) is 0 Å². The molecule has 1 fully saturated rings. The maximum Gasteiger partial charge on any atom is 0.142 e. The average molecular weight is 245 g/mol. The van der Waals surface area contributed by atoms with Crippen LogP contribution < -0.4 is 4.74 Å². The fourth-order valence-electron chi connectivity index (χ4n) is 1.94. The number of aliphatic hydroxyl groups is 1. The Balaban J connectivity index is 2.05. The molecule has 0 spiro atoms. The Morgan fingerprint density at radius 2 is 2.06 bits per heavy atom. The summed E-state index contributed by atoms with van der Waals surface area (Å²) in [4.78, 5) is 0. The summed E-state index contributed by atoms with van der Waals surface area (Å²) < 4.78 is 18.5. The molecule has 0 radical (unpaired) electrons. The molecule has 0 heterocycles. The predicted molar refractivity (Wildman–Crippen MR) is 60.3 cm³/mol. The quantitative estimate of drug-likeness (QED) is 0.866. The highest BCUT2D eigenvalue weighted by Gasteiger charge is 2.24. The molecule has 1 N–H and O–H groups in total. The van der Waals surface area contributed by atoms with Crippen LogP contribution in [0.1, 0.15) is 25.7 Å². The summed E-state index contributed by atoms with van der Waals surface area (Å²) in [6.07, 6.45) is 3.05. The SMILES string of the molecule is O[C@@H]1CCCC[C@H]1Oc1ccc(F)c(Cl)c1. The van der Waals surface area contributed by atoms with E-state index >= 15 is 0 Å². The molecule has 1 aromatic rings. The van der Waals surface area contributed by atoms with Crippen LogP contribution in [0.4, 0.5) is 4.39 Å². The van der Waals surface area contributed by atoms with Gasteiger partial charge in [-0.05, 0) is 31.4 Å². The van der Waals surface area contributed by atoms with Gasteiger partial charge in [0.25, 0.3) is 0 Å². The second kappa shape index (κ2) is 5.02. The van der Waals surface area contributed by atoms with Gasteiger partial charge in [-0.25, -0.2) is 4.39 Å². The first-order valence-electron chi connectivity index (χ1n) is 5.46. The Labute approximate surface area is 99.0 Å². The molecule has 16 heavy (non-hydrogen) atoms. The fourth-order valence-corrected chi connectivity index (χ4v) is 2.11. The Hall–Kier alpha value is -0.800. The van der Waals surface area contributed by atoms with Gasteiger partial charge < -0.3 is 9.84 Å². The third-order valence-electron chi connectivity index (χ3n) is 2.85. The number of rotatable bonds is 2. The van der Waals surface area contributed by atoms with Crippen molar-refractivity contribution in [3.63, 3.8) is 0 Å². The topological polar surface area (TPSA) is 29.5 Å². The molecule has 2 rings (SSSR count). The summed E-state index contributed by atoms with van der Waals surface area (Å²) in [5.74, 6) is 0.0514. The van der Waals surface area contributed by atoms with Crippen LogP contribution in [0.2, 0.25) is 5.02 Å². The molecule has 1 aromatic carbocycles. The second-order valence-corrected chi connectivity index (χ2v) is 4.49. The summed E-state index contributed by atoms with van der Waals surface area (Å²) in [7, 11) is 0. The van der Waals surface area contributed by atoms with Gasteiger partial charge in [0.2, 0.25) is 0 Å². The number of halogens is 2. The van der Waals surface area contributed by atoms with Gasteiger partial charge in [-0.3, -0.25) is 0 Å². The van der Waals surface area contributed by atoms with Crippen LogP contribution in [-0.2, 0) is 0 Å². The van der Waals surface area contributed by atoms with Gasteiger partial charge in [-0.2, -0.15) is 0 Å². The van der Waals surface area contributed by atoms with Crippen LogP contribution >= 0.6 is 11.6 Å². The minimum absolute atomic E-state index is 0.0443. The number of ether oxygens (including phenoxy) is 1. The van der Waals surface area contributed by atoms with E-state index in [4.69, 9.17) is 16.3 Å². The van der Waals surface area contributed by atoms with Crippen molar-refractivity contribution in [3.8, 4) is 5.75 Å². The Bertz CT molecular complexity index is 370. The zero-order valence-corrected chi connectivity index (χ0v) is 9.58. The summed E-state index contributed by atoms with van der Waals surface area (Å²) in [5.41, 5.74) is 0. The van der Waals surface area contributed by atoms with Crippen molar-refractivity contribution in [1.29, 1.82) is 0 Å². The van der Waals surface area contributed by atoms with E-state index in [1.807, 2.05) is 0 Å². The van der Waals surface area contributed by atoms with E-state index in [1.54, 1.807) is 0 Å². The van der Waals surface area contributed by atoms with Crippen molar-refractivity contribution >= 4 is 11.6 Å². The molecule has 1 aliphatic carbocycles. The summed E-state index contributed by atoms with van der Waals surface area (Å²) in [5, 5.41) is 9.77. The van der Waals surface area contributed by atoms with Crippen LogP contribution in [-0.4, -0.2) is 17.3 Å². The number of hydrogen-bond acceptors (Lipinski definition) is 2. The lowest BCUT2D eigenvalue weighted by Crippen LogP contribution is -2.34. The van der Waals surface area contributed by atoms with Crippen LogP contribution in [0.15, 0.2) is 18.2 Å². The predicted octanol–water partition coefficient (Wildman–Crippen LogP) is 3.16. The van der Waals surface area contributed by atoms with E-state index in [0.29, 0.717) is 5.75 Å². The fraction of sp³-hybridized carbons (Fsp3) is 0.500. The molecule has 2 atom stereocenters. The third kappa shape index (κ3) is 2.66. The van der Waals surface area contributed by atoms with Gasteiger partial charge in [0.15, 0.2) is 0 Å². The lowest BCUT2D eigenvalue weighted by Gasteiger charge is -2.28. The number of hydrogen-bond donors (Lipinski definition) is 1. The van der Waals surface area contributed by atoms with E-state index in [2.05, 4.69) is 0 Å². The van der Waals surface area contributed by atoms with Crippen molar-refractivity contribution in [3.05, 3.63) is 29.0 Å². The summed E-state index contributed by atoms with van der Waals surface area (Å²) in [6, 6.07) is 4.24. The Morgan fingerprint density at radius 1 is 1.31 bits per heavy atom. The smallest absolute Gasteiger partial charge is 0.142 e. The molecule has 1 aliphatic rings. The van der Waals surface area contributed by atoms with Crippen molar-refractivity contribution in [2.75, 3.05) is 0 Å². The van der Waals surface area contributed by atoms with Gasteiger partial charge in [-0.1, -0.05) is 18.0 Å². The van der Waals surface area contributed by atoms with Crippen LogP contribution in [0, 0.1) is 5.82 Å². The van der Waals surface area contributed by atoms with Gasteiger partial charge >= 0.3 is 0 Å². The van der Waals surface area contributed by atoms with Crippen molar-refractivity contribution in [2.45, 2.75) is 37.9 Å². The zero-order chi connectivity index (χ0) is 11.5. The van der Waals surface area contributed by atoms with Crippen LogP contribution in [0.5, 0.6) is 5.75 Å². The highest BCUT2D eigenvalue weighted by atomic mass is 35.5. The van der Waals surface area contributed by atoms with E-state index in [1.165, 1.54) is 18.2 Å². The molecular weight excluding hydrogens is 231 g/mol. The van der Waals surface area contributed by atoms with Gasteiger partial charge in [-0.15, -0.1) is 0 Å². The molecule has 0 saturated heterocycles. The third-order valence-corrected chi connectivity index (χ3v) is 3.14. The van der Waals surface area contributed by atoms with Crippen LogP contribution in [0.3, 0.4) is 0 Å². The highest BCUT2D eigenvalue weighted by molar-refractivity contribution is 6.30. The number of benzene rings is 1. The van der Waals surface area contributed by atoms with Crippen molar-refractivity contribution in [2.24, 2.45) is 0 Å². The summed E-state index contributed by atoms with van der Waals surface area (Å²) >= 11 is 5.65. The molecule has 88 valence electrons. The monoisotopic (exact) mass is 244 g/mol. The minimum atomic E-state index is -0.460. The molecule has 0 bridgehead atoms. The molecule has 0 aromatic heterocycles. The van der Waals surface area contributed by atoms with Gasteiger partial charge in [0.05, 0.1) is 11.1 Å². The maximum atomic E-state index is 12.9. The standard InChI is InChI=1S/C12H14ClFO2/c13-9-7-8(5-6-10(9)14)16-12-4-2-1-3-11(12)15/h5-7,11-12,15H,1-4H2/t11-,12-/m1/s1. The maximum absolute atomic E-state index is 12.9. The molecule has 4 heteroatoms. The molecule has 0 aliphatic heterocycles. The largest absolute Gasteiger partial charge is 0.488 e. The van der Waals surface area contributed by atoms with E-state index in [0.717, 1.165) is 25.7 Å². The lowest BCUT2D eigenvalue weighted by atomic mass is 9.95. The number of aliphatic hydroxyl groups excluding tert-OH is 1. The minimum Gasteiger partial charge on any atom is -0.488 e. The lowest BCUT2D eigenvalue weighted by molar-refractivity contribution is 0.00685. The molecule has 0 amide bonds. The first kappa shape index (κ1) is 11.7. The molecule has 2 nitrogen and oxygen atoms in total. The first-order chi connectivity index (χ1) is 7.66. The second-order valence-electron chi connectivity index (χ2n) is 4.08. The van der Waals surface area contributed by atoms with Crippen molar-refractivity contribution in [1.82, 2.24) is 0 Å². The normalized spacial score (nSPS) is 25.4. The highest BCUT2D eigenvalue weighted by Crippen LogP contribution is 2.26. The van der Waals surface area contributed by atoms with Gasteiger partial charge in [0, 0.05) is 6.07 Å². The first-order valence-corrected chi connectivity index (χ1v) is 5.84. The van der Waals surface area contributed by atoms with E-state index < -0.39 is 11.9 Å². The molecular formula is C12H14ClFO2. The van der Waals surface area contributed by atoms with Gasteiger partial charge in [0.1, 0.15) is 17.7 Å². The molecule has 1 saturated carbocycles. The van der Waals surface area contributed by atoms with E-state index in [-0.39, 0.29) is 11.1 Å².